The van der Waals surface area contributed by atoms with Gasteiger partial charge in [0.05, 0.1) is 23.5 Å². The lowest BCUT2D eigenvalue weighted by atomic mass is 10.1. The van der Waals surface area contributed by atoms with Gasteiger partial charge in [-0.3, -0.25) is 9.69 Å². The first kappa shape index (κ1) is 33.7. The summed E-state index contributed by atoms with van der Waals surface area (Å²) < 4.78 is 97.0. The number of halogens is 8. The summed E-state index contributed by atoms with van der Waals surface area (Å²) in [7, 11) is 0. The van der Waals surface area contributed by atoms with Crippen molar-refractivity contribution < 1.29 is 45.1 Å². The topological polar surface area (TPSA) is 102 Å². The van der Waals surface area contributed by atoms with E-state index < -0.39 is 64.1 Å². The minimum Gasteiger partial charge on any atom is -0.406 e. The number of amides is 3. The number of aliphatic imine (C=N–C) groups is 1. The highest BCUT2D eigenvalue weighted by Crippen LogP contribution is 2.42. The predicted octanol–water partition coefficient (Wildman–Crippen LogP) is 7.58. The second-order valence-corrected chi connectivity index (χ2v) is 11.6. The fourth-order valence-corrected chi connectivity index (χ4v) is 5.50. The van der Waals surface area contributed by atoms with Gasteiger partial charge in [0, 0.05) is 5.56 Å². The maximum atomic E-state index is 15.0. The van der Waals surface area contributed by atoms with Crippen LogP contribution in [0, 0.1) is 6.92 Å². The Morgan fingerprint density at radius 1 is 1.06 bits per heavy atom. The van der Waals surface area contributed by atoms with Gasteiger partial charge in [-0.05, 0) is 54.4 Å². The third-order valence-corrected chi connectivity index (χ3v) is 7.85. The Bertz CT molecular complexity index is 1810. The number of benzene rings is 3. The molecule has 5 rings (SSSR count). The van der Waals surface area contributed by atoms with Gasteiger partial charge in [0.1, 0.15) is 18.2 Å². The molecule has 1 fully saturated rings. The van der Waals surface area contributed by atoms with Gasteiger partial charge in [-0.15, -0.1) is 18.3 Å². The lowest BCUT2D eigenvalue weighted by Crippen LogP contribution is -2.34. The molecule has 0 aliphatic carbocycles. The number of aryl methyl sites for hydroxylation is 1. The van der Waals surface area contributed by atoms with Crippen LogP contribution in [-0.2, 0) is 11.0 Å². The summed E-state index contributed by atoms with van der Waals surface area (Å²) in [5.41, 5.74) is -0.206. The summed E-state index contributed by atoms with van der Waals surface area (Å²) in [5, 5.41) is 6.11. The molecule has 1 aliphatic heterocycles. The van der Waals surface area contributed by atoms with Gasteiger partial charge in [-0.25, -0.2) is 18.9 Å². The summed E-state index contributed by atoms with van der Waals surface area (Å²) >= 11 is 6.56. The van der Waals surface area contributed by atoms with E-state index in [-0.39, 0.29) is 11.4 Å². The van der Waals surface area contributed by atoms with Crippen LogP contribution in [0.3, 0.4) is 0 Å². The molecular formula is C29H20ClF7N6O3S. The standard InChI is InChI=1S/C29H20ClF7N6O3S/c1-15-2-11-20(28(32,33)34)22(12-15)43-25(44)23(30)47-27(43)40-26(45)38-13-21(31)16-3-5-17(6-4-16)24-39-14-42(41-24)18-7-9-19(10-8-18)46-29(35,36)37/h2-12,14,21,23H,13H2,1H3,(H,38,45)/b40-27-. The molecule has 0 spiro atoms. The van der Waals surface area contributed by atoms with Crippen LogP contribution in [0.1, 0.15) is 22.9 Å². The fraction of sp³-hybridized carbons (Fsp3) is 0.207. The van der Waals surface area contributed by atoms with Gasteiger partial charge in [0.25, 0.3) is 5.91 Å². The molecule has 1 aliphatic rings. The normalized spacial score (nSPS) is 16.9. The maximum absolute atomic E-state index is 15.0. The van der Waals surface area contributed by atoms with Gasteiger partial charge >= 0.3 is 18.6 Å². The molecule has 1 aromatic heterocycles. The number of hydrogen-bond donors (Lipinski definition) is 1. The zero-order chi connectivity index (χ0) is 34.1. The number of thioether (sulfide) groups is 1. The van der Waals surface area contributed by atoms with E-state index in [2.05, 4.69) is 25.1 Å². The molecular weight excluding hydrogens is 681 g/mol. The first-order valence-electron chi connectivity index (χ1n) is 13.3. The Morgan fingerprint density at radius 2 is 1.74 bits per heavy atom. The number of alkyl halides is 8. The summed E-state index contributed by atoms with van der Waals surface area (Å²) in [6, 6.07) is 12.9. The van der Waals surface area contributed by atoms with Crippen molar-refractivity contribution in [2.45, 2.75) is 30.3 Å². The van der Waals surface area contributed by atoms with E-state index >= 15 is 4.39 Å². The van der Waals surface area contributed by atoms with Crippen molar-refractivity contribution >= 4 is 46.2 Å². The highest BCUT2D eigenvalue weighted by Gasteiger charge is 2.43. The number of carbonyl (C=O) groups is 2. The van der Waals surface area contributed by atoms with Gasteiger partial charge in [-0.1, -0.05) is 53.7 Å². The monoisotopic (exact) mass is 700 g/mol. The number of anilines is 1. The minimum absolute atomic E-state index is 0.156. The molecule has 3 aromatic carbocycles. The van der Waals surface area contributed by atoms with E-state index in [4.69, 9.17) is 11.6 Å². The first-order chi connectivity index (χ1) is 22.1. The Labute approximate surface area is 270 Å². The van der Waals surface area contributed by atoms with Crippen molar-refractivity contribution in [2.75, 3.05) is 11.4 Å². The second-order valence-electron chi connectivity index (χ2n) is 9.85. The number of ether oxygens (including phenoxy) is 1. The molecule has 2 unspecified atom stereocenters. The number of aromatic nitrogens is 3. The number of hydrogen-bond acceptors (Lipinski definition) is 6. The van der Waals surface area contributed by atoms with E-state index in [1.807, 2.05) is 0 Å². The molecule has 4 aromatic rings. The quantitative estimate of drug-likeness (QED) is 0.158. The zero-order valence-corrected chi connectivity index (χ0v) is 25.3. The van der Waals surface area contributed by atoms with Crippen LogP contribution in [0.2, 0.25) is 0 Å². The van der Waals surface area contributed by atoms with Crippen molar-refractivity contribution in [3.63, 3.8) is 0 Å². The van der Waals surface area contributed by atoms with E-state index in [1.165, 1.54) is 60.4 Å². The molecule has 9 nitrogen and oxygen atoms in total. The van der Waals surface area contributed by atoms with Gasteiger partial charge in [0.15, 0.2) is 15.7 Å². The van der Waals surface area contributed by atoms with E-state index in [0.29, 0.717) is 33.5 Å². The van der Waals surface area contributed by atoms with E-state index in [0.717, 1.165) is 24.3 Å². The summed E-state index contributed by atoms with van der Waals surface area (Å²) in [5.74, 6) is -1.09. The summed E-state index contributed by atoms with van der Waals surface area (Å²) in [4.78, 5) is 33.7. The Balaban J connectivity index is 1.23. The Hall–Kier alpha value is -4.64. The van der Waals surface area contributed by atoms with E-state index in [1.54, 1.807) is 0 Å². The molecule has 0 saturated carbocycles. The highest BCUT2D eigenvalue weighted by atomic mass is 35.5. The van der Waals surface area contributed by atoms with Crippen molar-refractivity contribution in [2.24, 2.45) is 4.99 Å². The van der Waals surface area contributed by atoms with Gasteiger partial charge in [0.2, 0.25) is 0 Å². The molecule has 1 saturated heterocycles. The lowest BCUT2D eigenvalue weighted by Gasteiger charge is -2.21. The van der Waals surface area contributed by atoms with E-state index in [9.17, 15) is 35.9 Å². The molecule has 0 bridgehead atoms. The molecule has 246 valence electrons. The number of urea groups is 1. The molecule has 2 heterocycles. The SMILES string of the molecule is Cc1ccc(C(F)(F)F)c(N2C(=O)C(Cl)S/C2=N\C(=O)NCC(F)c2ccc(-c3ncn(-c4ccc(OC(F)(F)F)cc4)n3)cc2)c1. The van der Waals surface area contributed by atoms with Crippen LogP contribution in [-0.4, -0.2) is 49.5 Å². The van der Waals surface area contributed by atoms with Crippen molar-refractivity contribution in [3.8, 4) is 22.8 Å². The van der Waals surface area contributed by atoms with Crippen LogP contribution in [0.25, 0.3) is 17.1 Å². The minimum atomic E-state index is -4.82. The molecule has 47 heavy (non-hydrogen) atoms. The Kier molecular flexibility index (Phi) is 9.49. The third-order valence-electron chi connectivity index (χ3n) is 6.50. The average molecular weight is 701 g/mol. The van der Waals surface area contributed by atoms with Gasteiger partial charge < -0.3 is 10.1 Å². The Morgan fingerprint density at radius 3 is 2.38 bits per heavy atom. The molecule has 18 heteroatoms. The van der Waals surface area contributed by atoms with Crippen LogP contribution in [0.4, 0.5) is 41.2 Å². The molecule has 3 amide bonds. The van der Waals surface area contributed by atoms with Crippen molar-refractivity contribution in [3.05, 3.63) is 89.7 Å². The maximum Gasteiger partial charge on any atom is 0.573 e. The first-order valence-corrected chi connectivity index (χ1v) is 14.6. The number of amidine groups is 1. The van der Waals surface area contributed by atoms with Crippen LogP contribution < -0.4 is 15.0 Å². The van der Waals surface area contributed by atoms with Crippen molar-refractivity contribution in [1.29, 1.82) is 0 Å². The molecule has 1 N–H and O–H groups in total. The number of rotatable bonds is 7. The van der Waals surface area contributed by atoms with Crippen LogP contribution in [0.5, 0.6) is 5.75 Å². The van der Waals surface area contributed by atoms with Gasteiger partial charge in [-0.2, -0.15) is 18.2 Å². The second kappa shape index (κ2) is 13.2. The van der Waals surface area contributed by atoms with Crippen molar-refractivity contribution in [1.82, 2.24) is 20.1 Å². The molecule has 2 atom stereocenters. The number of nitrogens with one attached hydrogen (secondary N) is 1. The zero-order valence-electron chi connectivity index (χ0n) is 23.7. The summed E-state index contributed by atoms with van der Waals surface area (Å²) in [6.07, 6.45) is -10.0. The molecule has 0 radical (unpaired) electrons. The van der Waals surface area contributed by atoms with Crippen LogP contribution in [0.15, 0.2) is 78.0 Å². The largest absolute Gasteiger partial charge is 0.573 e. The lowest BCUT2D eigenvalue weighted by molar-refractivity contribution is -0.274. The summed E-state index contributed by atoms with van der Waals surface area (Å²) in [6.45, 7) is 0.968. The predicted molar refractivity (Wildman–Crippen MR) is 159 cm³/mol. The third kappa shape index (κ3) is 8.02. The van der Waals surface area contributed by atoms with Crippen LogP contribution >= 0.6 is 23.4 Å². The fourth-order valence-electron chi connectivity index (χ4n) is 4.34. The number of carbonyl (C=O) groups excluding carboxylic acids is 2. The highest BCUT2D eigenvalue weighted by molar-refractivity contribution is 8.17. The smallest absolute Gasteiger partial charge is 0.406 e. The average Bonchev–Trinajstić information content (AvgIpc) is 3.59. The number of nitrogens with zero attached hydrogens (tertiary/aromatic N) is 5.